The molecule has 2 aromatic heterocycles. The van der Waals surface area contributed by atoms with Crippen LogP contribution in [0.5, 0.6) is 0 Å². The first-order valence-electron chi connectivity index (χ1n) is 4.37. The maximum absolute atomic E-state index is 9.98. The molecule has 2 aromatic rings. The number of rotatable bonds is 2. The molecule has 4 nitrogen and oxygen atoms in total. The highest BCUT2D eigenvalue weighted by molar-refractivity contribution is 9.10. The molecule has 0 aromatic carbocycles. The molecule has 1 N–H and O–H groups in total. The summed E-state index contributed by atoms with van der Waals surface area (Å²) in [7, 11) is 0. The van der Waals surface area contributed by atoms with Crippen molar-refractivity contribution in [3.05, 3.63) is 44.6 Å². The Labute approximate surface area is 104 Å². The van der Waals surface area contributed by atoms with E-state index >= 15 is 0 Å². The topological polar surface area (TPSA) is 69.8 Å². The molecule has 0 bridgehead atoms. The second-order valence-electron chi connectivity index (χ2n) is 2.96. The molecular formula is C10H6BrN3OS. The highest BCUT2D eigenvalue weighted by atomic mass is 79.9. The van der Waals surface area contributed by atoms with E-state index in [-0.39, 0.29) is 0 Å². The van der Waals surface area contributed by atoms with Gasteiger partial charge in [-0.05, 0) is 28.1 Å². The highest BCUT2D eigenvalue weighted by Crippen LogP contribution is 2.25. The van der Waals surface area contributed by atoms with Crippen molar-refractivity contribution in [2.45, 2.75) is 6.10 Å². The SMILES string of the molecule is N#Cc1cnc(C(O)c2cccc(Br)n2)s1. The third-order valence-corrected chi connectivity index (χ3v) is 3.28. The Morgan fingerprint density at radius 2 is 2.31 bits per heavy atom. The normalized spacial score (nSPS) is 12.1. The molecule has 0 aliphatic carbocycles. The number of aliphatic hydroxyl groups is 1. The number of hydrogen-bond acceptors (Lipinski definition) is 5. The van der Waals surface area contributed by atoms with E-state index in [0.29, 0.717) is 20.2 Å². The van der Waals surface area contributed by atoms with E-state index in [4.69, 9.17) is 5.26 Å². The monoisotopic (exact) mass is 295 g/mol. The minimum atomic E-state index is -0.885. The van der Waals surface area contributed by atoms with Crippen molar-refractivity contribution in [3.63, 3.8) is 0 Å². The van der Waals surface area contributed by atoms with Crippen LogP contribution >= 0.6 is 27.3 Å². The predicted octanol–water partition coefficient (Wildman–Crippen LogP) is 2.25. The van der Waals surface area contributed by atoms with Crippen LogP contribution in [-0.2, 0) is 0 Å². The van der Waals surface area contributed by atoms with Crippen molar-refractivity contribution < 1.29 is 5.11 Å². The molecule has 0 amide bonds. The smallest absolute Gasteiger partial charge is 0.147 e. The number of hydrogen-bond donors (Lipinski definition) is 1. The van der Waals surface area contributed by atoms with E-state index in [1.165, 1.54) is 6.20 Å². The van der Waals surface area contributed by atoms with Crippen LogP contribution in [0.1, 0.15) is 21.7 Å². The average Bonchev–Trinajstić information content (AvgIpc) is 2.76. The van der Waals surface area contributed by atoms with Gasteiger partial charge in [0.15, 0.2) is 0 Å². The third-order valence-electron chi connectivity index (χ3n) is 1.88. The van der Waals surface area contributed by atoms with Crippen molar-refractivity contribution in [2.24, 2.45) is 0 Å². The van der Waals surface area contributed by atoms with E-state index < -0.39 is 6.10 Å². The Bertz CT molecular complexity index is 549. The number of halogens is 1. The van der Waals surface area contributed by atoms with Crippen LogP contribution in [0.15, 0.2) is 29.0 Å². The van der Waals surface area contributed by atoms with Crippen molar-refractivity contribution >= 4 is 27.3 Å². The maximum Gasteiger partial charge on any atom is 0.147 e. The first-order valence-corrected chi connectivity index (χ1v) is 5.98. The predicted molar refractivity (Wildman–Crippen MR) is 62.8 cm³/mol. The maximum atomic E-state index is 9.98. The highest BCUT2D eigenvalue weighted by Gasteiger charge is 2.16. The first-order chi connectivity index (χ1) is 7.70. The molecular weight excluding hydrogens is 290 g/mol. The second kappa shape index (κ2) is 4.70. The van der Waals surface area contributed by atoms with Gasteiger partial charge in [-0.1, -0.05) is 6.07 Å². The van der Waals surface area contributed by atoms with Gasteiger partial charge in [-0.25, -0.2) is 9.97 Å². The van der Waals surface area contributed by atoms with Crippen LogP contribution in [0.2, 0.25) is 0 Å². The molecule has 2 heterocycles. The van der Waals surface area contributed by atoms with Crippen molar-refractivity contribution in [3.8, 4) is 6.07 Å². The van der Waals surface area contributed by atoms with Crippen LogP contribution in [0.3, 0.4) is 0 Å². The summed E-state index contributed by atoms with van der Waals surface area (Å²) in [6, 6.07) is 7.25. The molecule has 0 radical (unpaired) electrons. The lowest BCUT2D eigenvalue weighted by Crippen LogP contribution is -2.01. The fourth-order valence-corrected chi connectivity index (χ4v) is 2.24. The van der Waals surface area contributed by atoms with E-state index in [9.17, 15) is 5.11 Å². The molecule has 1 atom stereocenters. The fraction of sp³-hybridized carbons (Fsp3) is 0.100. The molecule has 0 spiro atoms. The Morgan fingerprint density at radius 3 is 2.94 bits per heavy atom. The van der Waals surface area contributed by atoms with E-state index in [1.54, 1.807) is 18.2 Å². The lowest BCUT2D eigenvalue weighted by molar-refractivity contribution is 0.214. The Kier molecular flexibility index (Phi) is 3.29. The van der Waals surface area contributed by atoms with Crippen molar-refractivity contribution in [2.75, 3.05) is 0 Å². The van der Waals surface area contributed by atoms with Gasteiger partial charge in [0, 0.05) is 0 Å². The van der Waals surface area contributed by atoms with Crippen LogP contribution < -0.4 is 0 Å². The molecule has 2 rings (SSSR count). The van der Waals surface area contributed by atoms with Gasteiger partial charge in [-0.15, -0.1) is 11.3 Å². The van der Waals surface area contributed by atoms with Gasteiger partial charge in [-0.3, -0.25) is 0 Å². The summed E-state index contributed by atoms with van der Waals surface area (Å²) in [6.45, 7) is 0. The van der Waals surface area contributed by atoms with Gasteiger partial charge in [0.2, 0.25) is 0 Å². The summed E-state index contributed by atoms with van der Waals surface area (Å²) in [6.07, 6.45) is 0.561. The second-order valence-corrected chi connectivity index (χ2v) is 4.84. The Hall–Kier alpha value is -1.29. The zero-order valence-corrected chi connectivity index (χ0v) is 10.4. The summed E-state index contributed by atoms with van der Waals surface area (Å²) in [5.41, 5.74) is 0.508. The van der Waals surface area contributed by atoms with Gasteiger partial charge in [0.25, 0.3) is 0 Å². The summed E-state index contributed by atoms with van der Waals surface area (Å²) in [5, 5.41) is 19.1. The average molecular weight is 296 g/mol. The molecule has 0 fully saturated rings. The fourth-order valence-electron chi connectivity index (χ4n) is 1.17. The van der Waals surface area contributed by atoms with Crippen LogP contribution in [0.25, 0.3) is 0 Å². The minimum absolute atomic E-state index is 0.474. The molecule has 0 saturated carbocycles. The summed E-state index contributed by atoms with van der Waals surface area (Å²) < 4.78 is 0.654. The summed E-state index contributed by atoms with van der Waals surface area (Å²) in [5.74, 6) is 0. The Balaban J connectivity index is 2.32. The van der Waals surface area contributed by atoms with Crippen molar-refractivity contribution in [1.29, 1.82) is 5.26 Å². The molecule has 1 unspecified atom stereocenters. The number of aliphatic hydroxyl groups excluding tert-OH is 1. The van der Waals surface area contributed by atoms with Crippen LogP contribution in [0.4, 0.5) is 0 Å². The third kappa shape index (κ3) is 2.27. The molecule has 80 valence electrons. The number of aromatic nitrogens is 2. The first kappa shape index (κ1) is 11.2. The lowest BCUT2D eigenvalue weighted by Gasteiger charge is -2.06. The standard InChI is InChI=1S/C10H6BrN3OS/c11-8-3-1-2-7(14-8)9(15)10-13-5-6(4-12)16-10/h1-3,5,9,15H. The molecule has 0 aliphatic rings. The van der Waals surface area contributed by atoms with E-state index in [2.05, 4.69) is 25.9 Å². The molecule has 6 heteroatoms. The van der Waals surface area contributed by atoms with Gasteiger partial charge in [0.1, 0.15) is 26.7 Å². The summed E-state index contributed by atoms with van der Waals surface area (Å²) >= 11 is 4.39. The molecule has 16 heavy (non-hydrogen) atoms. The number of thiazole rings is 1. The largest absolute Gasteiger partial charge is 0.380 e. The van der Waals surface area contributed by atoms with Gasteiger partial charge >= 0.3 is 0 Å². The van der Waals surface area contributed by atoms with Crippen molar-refractivity contribution in [1.82, 2.24) is 9.97 Å². The zero-order chi connectivity index (χ0) is 11.5. The quantitative estimate of drug-likeness (QED) is 0.863. The zero-order valence-electron chi connectivity index (χ0n) is 7.96. The number of pyridine rings is 1. The summed E-state index contributed by atoms with van der Waals surface area (Å²) in [4.78, 5) is 8.59. The van der Waals surface area contributed by atoms with Gasteiger partial charge in [-0.2, -0.15) is 5.26 Å². The van der Waals surface area contributed by atoms with Crippen LogP contribution in [-0.4, -0.2) is 15.1 Å². The molecule has 0 aliphatic heterocycles. The minimum Gasteiger partial charge on any atom is -0.380 e. The Morgan fingerprint density at radius 1 is 1.50 bits per heavy atom. The van der Waals surface area contributed by atoms with Crippen LogP contribution in [0, 0.1) is 11.3 Å². The van der Waals surface area contributed by atoms with Gasteiger partial charge < -0.3 is 5.11 Å². The van der Waals surface area contributed by atoms with E-state index in [0.717, 1.165) is 11.3 Å². The number of nitrogens with zero attached hydrogens (tertiary/aromatic N) is 3. The van der Waals surface area contributed by atoms with E-state index in [1.807, 2.05) is 6.07 Å². The molecule has 0 saturated heterocycles. The number of nitriles is 1. The lowest BCUT2D eigenvalue weighted by atomic mass is 10.2. The van der Waals surface area contributed by atoms with Gasteiger partial charge in [0.05, 0.1) is 11.9 Å².